The first-order valence-corrected chi connectivity index (χ1v) is 14.3. The van der Waals surface area contributed by atoms with Crippen LogP contribution in [-0.2, 0) is 0 Å². The molecule has 0 radical (unpaired) electrons. The molecule has 186 valence electrons. The highest BCUT2D eigenvalue weighted by atomic mass is 15.1. The molecule has 0 N–H and O–H groups in total. The fourth-order valence-corrected chi connectivity index (χ4v) is 4.35. The van der Waals surface area contributed by atoms with Crippen LogP contribution in [0.1, 0.15) is 137 Å². The zero-order chi connectivity index (χ0) is 23.0. The minimum Gasteiger partial charge on any atom is -0.300 e. The van der Waals surface area contributed by atoms with Gasteiger partial charge in [0.2, 0.25) is 0 Å². The predicted octanol–water partition coefficient (Wildman–Crippen LogP) is 8.86. The Bertz CT molecular complexity index is 342. The lowest BCUT2D eigenvalue weighted by atomic mass is 10.1. The average molecular weight is 437 g/mol. The van der Waals surface area contributed by atoms with Crippen LogP contribution in [0.15, 0.2) is 12.2 Å². The van der Waals surface area contributed by atoms with E-state index < -0.39 is 0 Å². The lowest BCUT2D eigenvalue weighted by Gasteiger charge is -2.28. The molecule has 0 rings (SSSR count). The van der Waals surface area contributed by atoms with Crippen molar-refractivity contribution in [1.82, 2.24) is 9.80 Å². The fourth-order valence-electron chi connectivity index (χ4n) is 4.35. The molecule has 0 aromatic heterocycles. The van der Waals surface area contributed by atoms with Gasteiger partial charge in [0.05, 0.1) is 0 Å². The molecule has 0 saturated heterocycles. The van der Waals surface area contributed by atoms with E-state index in [1.807, 2.05) is 0 Å². The van der Waals surface area contributed by atoms with Crippen LogP contribution < -0.4 is 0 Å². The minimum atomic E-state index is 0.574. The lowest BCUT2D eigenvalue weighted by molar-refractivity contribution is 0.229. The number of hydrogen-bond donors (Lipinski definition) is 0. The molecule has 0 aliphatic rings. The molecule has 0 saturated carbocycles. The highest BCUT2D eigenvalue weighted by molar-refractivity contribution is 4.94. The Hall–Kier alpha value is -0.340. The number of nitrogens with zero attached hydrogens (tertiary/aromatic N) is 2. The van der Waals surface area contributed by atoms with Crippen molar-refractivity contribution in [2.75, 3.05) is 32.7 Å². The van der Waals surface area contributed by atoms with Gasteiger partial charge in [0.25, 0.3) is 0 Å². The highest BCUT2D eigenvalue weighted by Gasteiger charge is 2.11. The van der Waals surface area contributed by atoms with Gasteiger partial charge in [0, 0.05) is 12.6 Å². The molecule has 2 nitrogen and oxygen atoms in total. The number of unbranched alkanes of at least 4 members (excludes halogenated alkanes) is 12. The molecule has 0 aliphatic carbocycles. The minimum absolute atomic E-state index is 0.574. The maximum Gasteiger partial charge on any atom is 0.0250 e. The van der Waals surface area contributed by atoms with E-state index in [1.54, 1.807) is 0 Å². The van der Waals surface area contributed by atoms with Gasteiger partial charge in [-0.3, -0.25) is 9.80 Å². The summed E-state index contributed by atoms with van der Waals surface area (Å²) in [6.45, 7) is 17.9. The summed E-state index contributed by atoms with van der Waals surface area (Å²) in [5, 5.41) is 0. The molecular formula is C29H60N2. The van der Waals surface area contributed by atoms with Crippen LogP contribution in [0.3, 0.4) is 0 Å². The van der Waals surface area contributed by atoms with Crippen LogP contribution in [0.25, 0.3) is 0 Å². The van der Waals surface area contributed by atoms with E-state index in [4.69, 9.17) is 0 Å². The van der Waals surface area contributed by atoms with Gasteiger partial charge in [0.1, 0.15) is 0 Å². The van der Waals surface area contributed by atoms with E-state index in [0.29, 0.717) is 6.04 Å². The van der Waals surface area contributed by atoms with Gasteiger partial charge in [-0.25, -0.2) is 0 Å². The van der Waals surface area contributed by atoms with Gasteiger partial charge in [-0.1, -0.05) is 117 Å². The molecule has 0 spiro atoms. The van der Waals surface area contributed by atoms with E-state index in [1.165, 1.54) is 129 Å². The van der Waals surface area contributed by atoms with E-state index in [-0.39, 0.29) is 0 Å². The number of rotatable bonds is 24. The Labute approximate surface area is 198 Å². The van der Waals surface area contributed by atoms with Crippen molar-refractivity contribution < 1.29 is 0 Å². The van der Waals surface area contributed by atoms with Crippen molar-refractivity contribution in [3.8, 4) is 0 Å². The monoisotopic (exact) mass is 436 g/mol. The molecule has 2 heteroatoms. The topological polar surface area (TPSA) is 6.48 Å². The summed E-state index contributed by atoms with van der Waals surface area (Å²) in [6, 6.07) is 0.574. The summed E-state index contributed by atoms with van der Waals surface area (Å²) in [7, 11) is 0. The molecule has 0 aromatic rings. The van der Waals surface area contributed by atoms with Crippen molar-refractivity contribution in [2.45, 2.75) is 143 Å². The summed E-state index contributed by atoms with van der Waals surface area (Å²) in [4.78, 5) is 5.45. The van der Waals surface area contributed by atoms with Crippen LogP contribution in [0.2, 0.25) is 0 Å². The van der Waals surface area contributed by atoms with Crippen molar-refractivity contribution in [1.29, 1.82) is 0 Å². The van der Waals surface area contributed by atoms with Crippen molar-refractivity contribution in [2.24, 2.45) is 0 Å². The molecule has 0 aliphatic heterocycles. The van der Waals surface area contributed by atoms with Crippen molar-refractivity contribution in [3.63, 3.8) is 0 Å². The Morgan fingerprint density at radius 3 is 1.29 bits per heavy atom. The van der Waals surface area contributed by atoms with Gasteiger partial charge in [-0.2, -0.15) is 0 Å². The molecule has 0 aromatic carbocycles. The van der Waals surface area contributed by atoms with Crippen LogP contribution in [0, 0.1) is 0 Å². The van der Waals surface area contributed by atoms with Crippen LogP contribution >= 0.6 is 0 Å². The lowest BCUT2D eigenvalue weighted by Crippen LogP contribution is -2.34. The molecule has 0 heterocycles. The van der Waals surface area contributed by atoms with Gasteiger partial charge in [0.15, 0.2) is 0 Å². The van der Waals surface area contributed by atoms with Crippen LogP contribution in [0.5, 0.6) is 0 Å². The standard InChI is InChI=1S/C29H60N2/c1-6-10-14-18-24-30(25-19-15-11-7-2)26-22-23-29(5)31(27-20-16-12-8-3)28-21-17-13-9-4/h22-23,29H,6-21,24-28H2,1-5H3. The maximum atomic E-state index is 2.74. The largest absolute Gasteiger partial charge is 0.300 e. The zero-order valence-corrected chi connectivity index (χ0v) is 22.5. The second-order valence-corrected chi connectivity index (χ2v) is 9.75. The van der Waals surface area contributed by atoms with Gasteiger partial charge < -0.3 is 0 Å². The average Bonchev–Trinajstić information content (AvgIpc) is 2.77. The first kappa shape index (κ1) is 30.7. The normalized spacial score (nSPS) is 13.1. The second kappa shape index (κ2) is 24.3. The smallest absolute Gasteiger partial charge is 0.0250 e. The van der Waals surface area contributed by atoms with E-state index >= 15 is 0 Å². The highest BCUT2D eigenvalue weighted by Crippen LogP contribution is 2.11. The van der Waals surface area contributed by atoms with Crippen LogP contribution in [-0.4, -0.2) is 48.6 Å². The van der Waals surface area contributed by atoms with Crippen molar-refractivity contribution in [3.05, 3.63) is 12.2 Å². The molecule has 0 fully saturated rings. The Balaban J connectivity index is 4.57. The van der Waals surface area contributed by atoms with E-state index in [0.717, 1.165) is 6.54 Å². The second-order valence-electron chi connectivity index (χ2n) is 9.75. The maximum absolute atomic E-state index is 2.74. The SMILES string of the molecule is CCCCCCN(CC=CC(C)N(CCCCCC)CCCCCC)CCCCCC. The summed E-state index contributed by atoms with van der Waals surface area (Å²) >= 11 is 0. The summed E-state index contributed by atoms with van der Waals surface area (Å²) in [5.41, 5.74) is 0. The summed E-state index contributed by atoms with van der Waals surface area (Å²) < 4.78 is 0. The Kier molecular flexibility index (Phi) is 24.0. The first-order valence-electron chi connectivity index (χ1n) is 14.3. The van der Waals surface area contributed by atoms with Crippen LogP contribution in [0.4, 0.5) is 0 Å². The molecule has 1 unspecified atom stereocenters. The quantitative estimate of drug-likeness (QED) is 0.110. The Morgan fingerprint density at radius 1 is 0.516 bits per heavy atom. The predicted molar refractivity (Wildman–Crippen MR) is 143 cm³/mol. The number of hydrogen-bond acceptors (Lipinski definition) is 2. The van der Waals surface area contributed by atoms with Gasteiger partial charge in [-0.05, 0) is 58.8 Å². The third-order valence-corrected chi connectivity index (χ3v) is 6.61. The third kappa shape index (κ3) is 20.0. The molecular weight excluding hydrogens is 376 g/mol. The Morgan fingerprint density at radius 2 is 0.903 bits per heavy atom. The summed E-state index contributed by atoms with van der Waals surface area (Å²) in [5.74, 6) is 0. The fraction of sp³-hybridized carbons (Fsp3) is 0.931. The van der Waals surface area contributed by atoms with E-state index in [2.05, 4.69) is 56.6 Å². The van der Waals surface area contributed by atoms with E-state index in [9.17, 15) is 0 Å². The molecule has 0 amide bonds. The van der Waals surface area contributed by atoms with Crippen molar-refractivity contribution >= 4 is 0 Å². The molecule has 31 heavy (non-hydrogen) atoms. The molecule has 0 bridgehead atoms. The van der Waals surface area contributed by atoms with Gasteiger partial charge >= 0.3 is 0 Å². The molecule has 1 atom stereocenters. The first-order chi connectivity index (χ1) is 15.2. The van der Waals surface area contributed by atoms with Gasteiger partial charge in [-0.15, -0.1) is 0 Å². The summed E-state index contributed by atoms with van der Waals surface area (Å²) in [6.07, 6.45) is 26.9. The third-order valence-electron chi connectivity index (χ3n) is 6.61. The zero-order valence-electron chi connectivity index (χ0n) is 22.5.